The van der Waals surface area contributed by atoms with Gasteiger partial charge in [0, 0.05) is 13.5 Å². The molecule has 0 aliphatic heterocycles. The molecule has 7 nitrogen and oxygen atoms in total. The van der Waals surface area contributed by atoms with E-state index in [0.29, 0.717) is 19.4 Å². The number of carboxylic acids is 1. The Morgan fingerprint density at radius 2 is 1.87 bits per heavy atom. The number of ether oxygens (including phenoxy) is 1. The summed E-state index contributed by atoms with van der Waals surface area (Å²) in [5.74, 6) is -1.72. The maximum absolute atomic E-state index is 11.5. The van der Waals surface area contributed by atoms with E-state index in [1.165, 1.54) is 6.92 Å². The van der Waals surface area contributed by atoms with E-state index in [2.05, 4.69) is 10.6 Å². The first kappa shape index (κ1) is 18.5. The molecule has 0 aliphatic carbocycles. The lowest BCUT2D eigenvalue weighted by Crippen LogP contribution is -2.47. The molecule has 2 N–H and O–H groups in total. The molecule has 1 aromatic carbocycles. The minimum Gasteiger partial charge on any atom is -0.548 e. The van der Waals surface area contributed by atoms with Crippen LogP contribution in [0.4, 0.5) is 4.79 Å². The van der Waals surface area contributed by atoms with Crippen LogP contribution in [-0.2, 0) is 20.9 Å². The van der Waals surface area contributed by atoms with E-state index in [1.54, 1.807) is 0 Å². The number of hydrogen-bond donors (Lipinski definition) is 2. The maximum Gasteiger partial charge on any atom is 0.407 e. The first-order valence-corrected chi connectivity index (χ1v) is 7.41. The third kappa shape index (κ3) is 8.45. The Labute approximate surface area is 135 Å². The van der Waals surface area contributed by atoms with E-state index in [4.69, 9.17) is 4.74 Å². The molecule has 0 spiro atoms. The zero-order chi connectivity index (χ0) is 17.1. The van der Waals surface area contributed by atoms with Gasteiger partial charge in [0.25, 0.3) is 0 Å². The van der Waals surface area contributed by atoms with Crippen molar-refractivity contribution in [3.8, 4) is 0 Å². The molecule has 0 heterocycles. The molecule has 0 bridgehead atoms. The molecule has 0 saturated carbocycles. The zero-order valence-electron chi connectivity index (χ0n) is 13.0. The largest absolute Gasteiger partial charge is 0.548 e. The summed E-state index contributed by atoms with van der Waals surface area (Å²) in [6, 6.07) is 8.31. The minimum atomic E-state index is -1.31. The van der Waals surface area contributed by atoms with Gasteiger partial charge in [0.05, 0.1) is 12.0 Å². The second-order valence-corrected chi connectivity index (χ2v) is 5.06. The Morgan fingerprint density at radius 3 is 2.48 bits per heavy atom. The molecule has 126 valence electrons. The standard InChI is InChI=1S/C16H22N2O5/c1-12(19)18-14(15(20)21)9-5-6-10-17-16(22)23-11-13-7-3-2-4-8-13/h2-4,7-8,14H,5-6,9-11H2,1H3,(H,17,22)(H,18,19)(H,20,21)/p-1/t14-/m0/s1. The molecule has 0 aliphatic rings. The van der Waals surface area contributed by atoms with Crippen molar-refractivity contribution in [1.82, 2.24) is 10.6 Å². The summed E-state index contributed by atoms with van der Waals surface area (Å²) in [5.41, 5.74) is 0.898. The smallest absolute Gasteiger partial charge is 0.407 e. The van der Waals surface area contributed by atoms with Crippen LogP contribution in [0.25, 0.3) is 0 Å². The number of carbonyl (C=O) groups is 3. The van der Waals surface area contributed by atoms with Crippen LogP contribution in [0.1, 0.15) is 31.7 Å². The van der Waals surface area contributed by atoms with Crippen molar-refractivity contribution in [3.05, 3.63) is 35.9 Å². The van der Waals surface area contributed by atoms with Crippen LogP contribution in [0, 0.1) is 0 Å². The second-order valence-electron chi connectivity index (χ2n) is 5.06. The highest BCUT2D eigenvalue weighted by Crippen LogP contribution is 2.02. The summed E-state index contributed by atoms with van der Waals surface area (Å²) in [5, 5.41) is 15.7. The third-order valence-corrected chi connectivity index (χ3v) is 3.06. The van der Waals surface area contributed by atoms with E-state index >= 15 is 0 Å². The summed E-state index contributed by atoms with van der Waals surface area (Å²) < 4.78 is 5.04. The third-order valence-electron chi connectivity index (χ3n) is 3.06. The van der Waals surface area contributed by atoms with E-state index in [1.807, 2.05) is 30.3 Å². The van der Waals surface area contributed by atoms with E-state index in [0.717, 1.165) is 5.56 Å². The number of aliphatic carboxylic acids is 1. The summed E-state index contributed by atoms with van der Waals surface area (Å²) in [6.07, 6.45) is 0.830. The molecule has 2 amide bonds. The van der Waals surface area contributed by atoms with Gasteiger partial charge in [-0.2, -0.15) is 0 Å². The molecule has 7 heteroatoms. The zero-order valence-corrected chi connectivity index (χ0v) is 13.0. The molecule has 0 saturated heterocycles. The molecule has 0 unspecified atom stereocenters. The fraction of sp³-hybridized carbons (Fsp3) is 0.438. The first-order valence-electron chi connectivity index (χ1n) is 7.41. The molecular formula is C16H21N2O5-. The molecule has 0 radical (unpaired) electrons. The number of unbranched alkanes of at least 4 members (excludes halogenated alkanes) is 1. The Morgan fingerprint density at radius 1 is 1.17 bits per heavy atom. The van der Waals surface area contributed by atoms with Crippen molar-refractivity contribution in [3.63, 3.8) is 0 Å². The fourth-order valence-electron chi connectivity index (χ4n) is 1.93. The Hall–Kier alpha value is -2.57. The van der Waals surface area contributed by atoms with Crippen LogP contribution in [0.3, 0.4) is 0 Å². The molecule has 1 atom stereocenters. The highest BCUT2D eigenvalue weighted by Gasteiger charge is 2.10. The molecular weight excluding hydrogens is 300 g/mol. The molecule has 0 aromatic heterocycles. The molecule has 23 heavy (non-hydrogen) atoms. The number of nitrogens with one attached hydrogen (secondary N) is 2. The molecule has 1 rings (SSSR count). The number of carbonyl (C=O) groups excluding carboxylic acids is 3. The topological polar surface area (TPSA) is 108 Å². The van der Waals surface area contributed by atoms with Gasteiger partial charge in [0.15, 0.2) is 0 Å². The summed E-state index contributed by atoms with van der Waals surface area (Å²) >= 11 is 0. The highest BCUT2D eigenvalue weighted by molar-refractivity contribution is 5.80. The van der Waals surface area contributed by atoms with Gasteiger partial charge in [0.1, 0.15) is 6.61 Å². The minimum absolute atomic E-state index is 0.196. The van der Waals surface area contributed by atoms with E-state index < -0.39 is 24.0 Å². The van der Waals surface area contributed by atoms with Crippen LogP contribution in [0.2, 0.25) is 0 Å². The Kier molecular flexibility index (Phi) is 8.20. The fourth-order valence-corrected chi connectivity index (χ4v) is 1.93. The second kappa shape index (κ2) is 10.2. The van der Waals surface area contributed by atoms with Crippen molar-refractivity contribution in [1.29, 1.82) is 0 Å². The van der Waals surface area contributed by atoms with Crippen molar-refractivity contribution < 1.29 is 24.2 Å². The number of carboxylic acid groups (broad SMARTS) is 1. The highest BCUT2D eigenvalue weighted by atomic mass is 16.5. The van der Waals surface area contributed by atoms with Crippen LogP contribution in [0.15, 0.2) is 30.3 Å². The van der Waals surface area contributed by atoms with Crippen LogP contribution < -0.4 is 15.7 Å². The number of amides is 2. The van der Waals surface area contributed by atoms with Gasteiger partial charge in [-0.15, -0.1) is 0 Å². The molecule has 0 fully saturated rings. The van der Waals surface area contributed by atoms with Gasteiger partial charge in [-0.25, -0.2) is 4.79 Å². The average Bonchev–Trinajstić information content (AvgIpc) is 2.52. The van der Waals surface area contributed by atoms with Crippen molar-refractivity contribution in [2.24, 2.45) is 0 Å². The predicted molar refractivity (Wildman–Crippen MR) is 81.1 cm³/mol. The number of alkyl carbamates (subject to hydrolysis) is 1. The lowest BCUT2D eigenvalue weighted by molar-refractivity contribution is -0.308. The monoisotopic (exact) mass is 321 g/mol. The average molecular weight is 321 g/mol. The summed E-state index contributed by atoms with van der Waals surface area (Å²) in [6.45, 7) is 1.82. The van der Waals surface area contributed by atoms with Gasteiger partial charge >= 0.3 is 6.09 Å². The SMILES string of the molecule is CC(=O)N[C@@H](CCCCNC(=O)OCc1ccccc1)C(=O)[O-]. The maximum atomic E-state index is 11.5. The number of hydrogen-bond acceptors (Lipinski definition) is 5. The van der Waals surface area contributed by atoms with Crippen molar-refractivity contribution in [2.75, 3.05) is 6.54 Å². The van der Waals surface area contributed by atoms with Gasteiger partial charge in [0.2, 0.25) is 5.91 Å². The summed E-state index contributed by atoms with van der Waals surface area (Å²) in [7, 11) is 0. The van der Waals surface area contributed by atoms with E-state index in [-0.39, 0.29) is 13.0 Å². The van der Waals surface area contributed by atoms with Crippen LogP contribution in [-0.4, -0.2) is 30.6 Å². The molecule has 1 aromatic rings. The van der Waals surface area contributed by atoms with Crippen LogP contribution >= 0.6 is 0 Å². The Balaban J connectivity index is 2.12. The van der Waals surface area contributed by atoms with Crippen molar-refractivity contribution >= 4 is 18.0 Å². The van der Waals surface area contributed by atoms with Gasteiger partial charge in [-0.1, -0.05) is 30.3 Å². The lowest BCUT2D eigenvalue weighted by atomic mass is 10.1. The van der Waals surface area contributed by atoms with E-state index in [9.17, 15) is 19.5 Å². The normalized spacial score (nSPS) is 11.3. The van der Waals surface area contributed by atoms with Crippen LogP contribution in [0.5, 0.6) is 0 Å². The quantitative estimate of drug-likeness (QED) is 0.638. The first-order chi connectivity index (χ1) is 11.0. The van der Waals surface area contributed by atoms with Gasteiger partial charge in [-0.3, -0.25) is 4.79 Å². The van der Waals surface area contributed by atoms with Gasteiger partial charge in [-0.05, 0) is 24.8 Å². The number of benzene rings is 1. The summed E-state index contributed by atoms with van der Waals surface area (Å²) in [4.78, 5) is 33.1. The predicted octanol–water partition coefficient (Wildman–Crippen LogP) is 0.338. The Bertz CT molecular complexity index is 518. The van der Waals surface area contributed by atoms with Crippen molar-refractivity contribution in [2.45, 2.75) is 38.8 Å². The van der Waals surface area contributed by atoms with Gasteiger partial charge < -0.3 is 25.3 Å². The lowest BCUT2D eigenvalue weighted by Gasteiger charge is -2.18. The number of rotatable bonds is 9.